The fraction of sp³-hybridized carbons (Fsp3) is 0.235. The van der Waals surface area contributed by atoms with Crippen molar-refractivity contribution >= 4 is 54.9 Å². The summed E-state index contributed by atoms with van der Waals surface area (Å²) in [5.74, 6) is -1.14. The zero-order valence-electron chi connectivity index (χ0n) is 17.1. The van der Waals surface area contributed by atoms with Gasteiger partial charge in [-0.15, -0.1) is 0 Å². The van der Waals surface area contributed by atoms with E-state index in [1.165, 1.54) is 20.3 Å². The molecule has 0 bridgehead atoms. The predicted octanol–water partition coefficient (Wildman–Crippen LogP) is 4.28. The molecule has 0 spiro atoms. The van der Waals surface area contributed by atoms with Crippen LogP contribution in [-0.4, -0.2) is 47.2 Å². The molecule has 2 rings (SSSR count). The molecule has 0 heterocycles. The molecule has 0 saturated heterocycles. The SMILES string of the molecule is COc1cc(Br)cc([N+](=O)[O-])c1OC.COc1cc(CC(=O)O)c(Br)c([N+](=O)[O-])c1[N+](=O)[O-]. The summed E-state index contributed by atoms with van der Waals surface area (Å²) in [6, 6.07) is 4.05. The van der Waals surface area contributed by atoms with Crippen LogP contribution in [0.5, 0.6) is 17.2 Å². The second kappa shape index (κ2) is 11.9. The van der Waals surface area contributed by atoms with E-state index in [4.69, 9.17) is 19.3 Å². The Balaban J connectivity index is 0.000000346. The number of ether oxygens (including phenoxy) is 3. The quantitative estimate of drug-likeness (QED) is 0.337. The van der Waals surface area contributed by atoms with Crippen LogP contribution in [-0.2, 0) is 11.2 Å². The summed E-state index contributed by atoms with van der Waals surface area (Å²) in [6.07, 6.45) is -0.532. The smallest absolute Gasteiger partial charge is 0.388 e. The highest BCUT2D eigenvalue weighted by molar-refractivity contribution is 9.11. The van der Waals surface area contributed by atoms with Crippen molar-refractivity contribution in [2.45, 2.75) is 6.42 Å². The molecule has 1 N–H and O–H groups in total. The van der Waals surface area contributed by atoms with E-state index in [0.29, 0.717) is 10.2 Å². The lowest BCUT2D eigenvalue weighted by Crippen LogP contribution is -2.06. The van der Waals surface area contributed by atoms with Crippen LogP contribution in [0.1, 0.15) is 5.56 Å². The first-order chi connectivity index (χ1) is 15.4. The number of halogens is 2. The number of benzene rings is 2. The van der Waals surface area contributed by atoms with Crippen molar-refractivity contribution in [2.24, 2.45) is 0 Å². The van der Waals surface area contributed by atoms with Gasteiger partial charge in [-0.1, -0.05) is 15.9 Å². The standard InChI is InChI=1S/C9H7BrN2O7.C8H8BrNO4/c1-19-5-2-4(3-6(13)14)7(10)9(12(17)18)8(5)11(15)16;1-13-7-4-5(9)3-6(10(11)12)8(7)14-2/h2H,3H2,1H3,(H,13,14);3-4H,1-2H3. The highest BCUT2D eigenvalue weighted by Gasteiger charge is 2.35. The molecular weight excluding hydrogens is 582 g/mol. The average molecular weight is 597 g/mol. The Labute approximate surface area is 201 Å². The Morgan fingerprint density at radius 3 is 1.82 bits per heavy atom. The normalized spacial score (nSPS) is 9.85. The molecule has 0 aliphatic rings. The molecule has 33 heavy (non-hydrogen) atoms. The third-order valence-corrected chi connectivity index (χ3v) is 5.14. The fourth-order valence-corrected chi connectivity index (χ4v) is 3.51. The van der Waals surface area contributed by atoms with Gasteiger partial charge in [-0.25, -0.2) is 0 Å². The molecule has 178 valence electrons. The molecule has 0 saturated carbocycles. The van der Waals surface area contributed by atoms with E-state index >= 15 is 0 Å². The van der Waals surface area contributed by atoms with E-state index in [-0.39, 0.29) is 27.2 Å². The molecule has 0 atom stereocenters. The molecule has 0 aliphatic heterocycles. The van der Waals surface area contributed by atoms with Gasteiger partial charge in [0.15, 0.2) is 5.75 Å². The number of aliphatic carboxylic acids is 1. The van der Waals surface area contributed by atoms with Gasteiger partial charge < -0.3 is 19.3 Å². The molecule has 2 aromatic carbocycles. The van der Waals surface area contributed by atoms with Gasteiger partial charge in [0.05, 0.1) is 42.5 Å². The lowest BCUT2D eigenvalue weighted by Gasteiger charge is -2.07. The van der Waals surface area contributed by atoms with Gasteiger partial charge >= 0.3 is 23.0 Å². The summed E-state index contributed by atoms with van der Waals surface area (Å²) in [5.41, 5.74) is -1.77. The van der Waals surface area contributed by atoms with Crippen LogP contribution in [0.4, 0.5) is 17.1 Å². The summed E-state index contributed by atoms with van der Waals surface area (Å²) >= 11 is 5.97. The molecule has 0 aromatic heterocycles. The number of carboxylic acids is 1. The minimum Gasteiger partial charge on any atom is -0.493 e. The Hall–Kier alpha value is -3.53. The number of methoxy groups -OCH3 is 3. The summed E-state index contributed by atoms with van der Waals surface area (Å²) in [5, 5.41) is 41.1. The van der Waals surface area contributed by atoms with Crippen LogP contribution in [0.25, 0.3) is 0 Å². The number of rotatable bonds is 8. The van der Waals surface area contributed by atoms with Crippen molar-refractivity contribution in [1.82, 2.24) is 0 Å². The molecule has 0 unspecified atom stereocenters. The Bertz CT molecular complexity index is 1110. The Morgan fingerprint density at radius 1 is 0.879 bits per heavy atom. The maximum Gasteiger partial charge on any atom is 0.388 e. The largest absolute Gasteiger partial charge is 0.493 e. The van der Waals surface area contributed by atoms with Crippen molar-refractivity contribution in [1.29, 1.82) is 0 Å². The van der Waals surface area contributed by atoms with Crippen LogP contribution in [0.2, 0.25) is 0 Å². The second-order valence-corrected chi connectivity index (χ2v) is 7.46. The zero-order chi connectivity index (χ0) is 25.5. The molecular formula is C17H15Br2N3O11. The van der Waals surface area contributed by atoms with E-state index in [1.807, 2.05) is 0 Å². The van der Waals surface area contributed by atoms with Gasteiger partial charge in [-0.05, 0) is 33.6 Å². The third-order valence-electron chi connectivity index (χ3n) is 3.80. The monoisotopic (exact) mass is 595 g/mol. The van der Waals surface area contributed by atoms with E-state index in [2.05, 4.69) is 31.9 Å². The first-order valence-electron chi connectivity index (χ1n) is 8.35. The number of carbonyl (C=O) groups is 1. The summed E-state index contributed by atoms with van der Waals surface area (Å²) in [4.78, 5) is 40.7. The lowest BCUT2D eigenvalue weighted by molar-refractivity contribution is -0.423. The molecule has 0 fully saturated rings. The van der Waals surface area contributed by atoms with Crippen LogP contribution in [0.15, 0.2) is 27.1 Å². The first kappa shape index (κ1) is 27.5. The maximum atomic E-state index is 10.9. The fourth-order valence-electron chi connectivity index (χ4n) is 2.50. The van der Waals surface area contributed by atoms with Crippen LogP contribution < -0.4 is 14.2 Å². The minimum absolute atomic E-state index is 0.0154. The number of carboxylic acid groups (broad SMARTS) is 1. The minimum atomic E-state index is -1.23. The van der Waals surface area contributed by atoms with E-state index in [9.17, 15) is 35.1 Å². The molecule has 16 heteroatoms. The van der Waals surface area contributed by atoms with Gasteiger partial charge in [0, 0.05) is 10.5 Å². The molecule has 14 nitrogen and oxygen atoms in total. The summed E-state index contributed by atoms with van der Waals surface area (Å²) < 4.78 is 14.9. The highest BCUT2D eigenvalue weighted by Crippen LogP contribution is 2.44. The van der Waals surface area contributed by atoms with Gasteiger partial charge in [0.2, 0.25) is 11.5 Å². The summed E-state index contributed by atoms with van der Waals surface area (Å²) in [7, 11) is 3.89. The molecule has 0 aliphatic carbocycles. The number of nitro groups is 3. The van der Waals surface area contributed by atoms with E-state index < -0.39 is 38.5 Å². The van der Waals surface area contributed by atoms with Crippen molar-refractivity contribution in [3.05, 3.63) is 63.1 Å². The maximum absolute atomic E-state index is 10.9. The van der Waals surface area contributed by atoms with Gasteiger partial charge in [0.1, 0.15) is 4.47 Å². The molecule has 2 aromatic rings. The number of hydrogen-bond donors (Lipinski definition) is 1. The van der Waals surface area contributed by atoms with Crippen molar-refractivity contribution < 1.29 is 38.9 Å². The third kappa shape index (κ3) is 6.72. The van der Waals surface area contributed by atoms with E-state index in [1.54, 1.807) is 6.07 Å². The average Bonchev–Trinajstić information content (AvgIpc) is 2.73. The van der Waals surface area contributed by atoms with Crippen molar-refractivity contribution in [2.75, 3.05) is 21.3 Å². The Morgan fingerprint density at radius 2 is 1.42 bits per heavy atom. The van der Waals surface area contributed by atoms with Crippen molar-refractivity contribution in [3.63, 3.8) is 0 Å². The Kier molecular flexibility index (Phi) is 9.93. The van der Waals surface area contributed by atoms with Gasteiger partial charge in [-0.2, -0.15) is 0 Å². The molecule has 0 radical (unpaired) electrons. The number of nitro benzene ring substituents is 3. The highest BCUT2D eigenvalue weighted by atomic mass is 79.9. The molecule has 0 amide bonds. The first-order valence-corrected chi connectivity index (χ1v) is 9.93. The van der Waals surface area contributed by atoms with Crippen molar-refractivity contribution in [3.8, 4) is 17.2 Å². The predicted molar refractivity (Wildman–Crippen MR) is 119 cm³/mol. The van der Waals surface area contributed by atoms with Gasteiger partial charge in [-0.3, -0.25) is 35.1 Å². The number of hydrogen-bond acceptors (Lipinski definition) is 10. The van der Waals surface area contributed by atoms with Crippen LogP contribution in [0, 0.1) is 30.3 Å². The van der Waals surface area contributed by atoms with Crippen LogP contribution >= 0.6 is 31.9 Å². The topological polar surface area (TPSA) is 194 Å². The lowest BCUT2D eigenvalue weighted by atomic mass is 10.1. The zero-order valence-corrected chi connectivity index (χ0v) is 20.2. The summed E-state index contributed by atoms with van der Waals surface area (Å²) in [6.45, 7) is 0. The van der Waals surface area contributed by atoms with E-state index in [0.717, 1.165) is 13.2 Å². The van der Waals surface area contributed by atoms with Crippen LogP contribution in [0.3, 0.4) is 0 Å². The number of nitrogens with zero attached hydrogens (tertiary/aromatic N) is 3. The van der Waals surface area contributed by atoms with Gasteiger partial charge in [0.25, 0.3) is 0 Å². The second-order valence-electron chi connectivity index (χ2n) is 5.75.